The topological polar surface area (TPSA) is 45.5 Å². The highest BCUT2D eigenvalue weighted by Crippen LogP contribution is 2.15. The molecule has 1 atom stereocenters. The minimum absolute atomic E-state index is 0. The van der Waals surface area contributed by atoms with Crippen LogP contribution in [-0.2, 0) is 6.54 Å². The average molecular weight is 391 g/mol. The standard InChI is InChI=1S/C14H25N5.HI/c1-12-5-4-7-18(10-12)14(15-3)16-6-8-19-11-13(2)9-17-19;/h9,11-12H,4-8,10H2,1-3H3,(H,15,16);1H. The maximum atomic E-state index is 4.38. The number of halogens is 1. The van der Waals surface area contributed by atoms with Crippen molar-refractivity contribution in [1.82, 2.24) is 20.0 Å². The van der Waals surface area contributed by atoms with E-state index < -0.39 is 0 Å². The third-order valence-corrected chi connectivity index (χ3v) is 3.55. The second-order valence-corrected chi connectivity index (χ2v) is 5.45. The van der Waals surface area contributed by atoms with Crippen molar-refractivity contribution in [2.75, 3.05) is 26.7 Å². The van der Waals surface area contributed by atoms with Crippen LogP contribution in [0.1, 0.15) is 25.3 Å². The third-order valence-electron chi connectivity index (χ3n) is 3.55. The van der Waals surface area contributed by atoms with Gasteiger partial charge in [0.25, 0.3) is 0 Å². The number of aliphatic imine (C=N–C) groups is 1. The van der Waals surface area contributed by atoms with Crippen LogP contribution in [0, 0.1) is 12.8 Å². The van der Waals surface area contributed by atoms with Crippen LogP contribution in [0.3, 0.4) is 0 Å². The van der Waals surface area contributed by atoms with Crippen molar-refractivity contribution in [2.24, 2.45) is 10.9 Å². The molecule has 0 radical (unpaired) electrons. The van der Waals surface area contributed by atoms with Gasteiger partial charge >= 0.3 is 0 Å². The van der Waals surface area contributed by atoms with Gasteiger partial charge in [0.05, 0.1) is 12.7 Å². The second-order valence-electron chi connectivity index (χ2n) is 5.45. The summed E-state index contributed by atoms with van der Waals surface area (Å²) in [5, 5.41) is 7.72. The van der Waals surface area contributed by atoms with Crippen LogP contribution in [0.4, 0.5) is 0 Å². The summed E-state index contributed by atoms with van der Waals surface area (Å²) in [5.41, 5.74) is 1.20. The minimum Gasteiger partial charge on any atom is -0.354 e. The zero-order chi connectivity index (χ0) is 13.7. The first-order valence-electron chi connectivity index (χ1n) is 7.13. The number of nitrogens with zero attached hydrogens (tertiary/aromatic N) is 4. The molecule has 1 aliphatic rings. The summed E-state index contributed by atoms with van der Waals surface area (Å²) in [4.78, 5) is 6.75. The van der Waals surface area contributed by atoms with Gasteiger partial charge in [-0.05, 0) is 31.2 Å². The van der Waals surface area contributed by atoms with Crippen LogP contribution in [0.15, 0.2) is 17.4 Å². The highest BCUT2D eigenvalue weighted by atomic mass is 127. The summed E-state index contributed by atoms with van der Waals surface area (Å²) in [7, 11) is 1.86. The van der Waals surface area contributed by atoms with E-state index in [-0.39, 0.29) is 24.0 Å². The van der Waals surface area contributed by atoms with Gasteiger partial charge < -0.3 is 10.2 Å². The molecule has 1 N–H and O–H groups in total. The number of aromatic nitrogens is 2. The number of hydrogen-bond acceptors (Lipinski definition) is 2. The summed E-state index contributed by atoms with van der Waals surface area (Å²) in [6.07, 6.45) is 6.55. The van der Waals surface area contributed by atoms with Gasteiger partial charge in [0, 0.05) is 32.9 Å². The largest absolute Gasteiger partial charge is 0.354 e. The molecule has 1 saturated heterocycles. The van der Waals surface area contributed by atoms with Gasteiger partial charge in [-0.1, -0.05) is 6.92 Å². The van der Waals surface area contributed by atoms with E-state index in [2.05, 4.69) is 40.4 Å². The number of nitrogens with one attached hydrogen (secondary N) is 1. The fraction of sp³-hybridized carbons (Fsp3) is 0.714. The lowest BCUT2D eigenvalue weighted by molar-refractivity contribution is 0.265. The van der Waals surface area contributed by atoms with E-state index in [0.29, 0.717) is 0 Å². The smallest absolute Gasteiger partial charge is 0.193 e. The molecule has 0 aliphatic carbocycles. The minimum atomic E-state index is 0. The second kappa shape index (κ2) is 8.49. The number of likely N-dealkylation sites (tertiary alicyclic amines) is 1. The number of aryl methyl sites for hydroxylation is 1. The molecule has 2 rings (SSSR count). The Bertz CT molecular complexity index is 429. The molecule has 2 heterocycles. The molecule has 0 bridgehead atoms. The van der Waals surface area contributed by atoms with E-state index in [4.69, 9.17) is 0 Å². The van der Waals surface area contributed by atoms with Crippen molar-refractivity contribution < 1.29 is 0 Å². The fourth-order valence-electron chi connectivity index (χ4n) is 2.59. The van der Waals surface area contributed by atoms with Gasteiger partial charge in [-0.2, -0.15) is 5.10 Å². The molecule has 0 spiro atoms. The van der Waals surface area contributed by atoms with Gasteiger partial charge in [-0.3, -0.25) is 9.67 Å². The van der Waals surface area contributed by atoms with Crippen molar-refractivity contribution in [2.45, 2.75) is 33.2 Å². The van der Waals surface area contributed by atoms with E-state index in [1.165, 1.54) is 18.4 Å². The van der Waals surface area contributed by atoms with Gasteiger partial charge in [-0.25, -0.2) is 0 Å². The zero-order valence-corrected chi connectivity index (χ0v) is 15.0. The molecule has 114 valence electrons. The summed E-state index contributed by atoms with van der Waals surface area (Å²) in [6.45, 7) is 8.33. The molecule has 0 aromatic carbocycles. The summed E-state index contributed by atoms with van der Waals surface area (Å²) in [5.74, 6) is 1.79. The van der Waals surface area contributed by atoms with Crippen LogP contribution in [0.2, 0.25) is 0 Å². The lowest BCUT2D eigenvalue weighted by Gasteiger charge is -2.33. The first-order valence-corrected chi connectivity index (χ1v) is 7.13. The monoisotopic (exact) mass is 391 g/mol. The molecular formula is C14H26IN5. The van der Waals surface area contributed by atoms with Crippen molar-refractivity contribution >= 4 is 29.9 Å². The van der Waals surface area contributed by atoms with Gasteiger partial charge in [0.1, 0.15) is 0 Å². The van der Waals surface area contributed by atoms with E-state index in [0.717, 1.165) is 38.1 Å². The number of hydrogen-bond donors (Lipinski definition) is 1. The first kappa shape index (κ1) is 17.3. The number of rotatable bonds is 3. The highest BCUT2D eigenvalue weighted by Gasteiger charge is 2.18. The summed E-state index contributed by atoms with van der Waals surface area (Å²) >= 11 is 0. The molecule has 1 aliphatic heterocycles. The first-order chi connectivity index (χ1) is 9.19. The Labute approximate surface area is 138 Å². The quantitative estimate of drug-likeness (QED) is 0.488. The molecule has 6 heteroatoms. The Kier molecular flexibility index (Phi) is 7.32. The van der Waals surface area contributed by atoms with Crippen molar-refractivity contribution in [3.8, 4) is 0 Å². The Morgan fingerprint density at radius 1 is 1.55 bits per heavy atom. The Morgan fingerprint density at radius 2 is 2.35 bits per heavy atom. The SMILES string of the molecule is CN=C(NCCn1cc(C)cn1)N1CCCC(C)C1.I. The van der Waals surface area contributed by atoms with E-state index >= 15 is 0 Å². The molecule has 0 saturated carbocycles. The molecule has 1 aromatic rings. The van der Waals surface area contributed by atoms with Crippen LogP contribution >= 0.6 is 24.0 Å². The van der Waals surface area contributed by atoms with Gasteiger partial charge in [0.2, 0.25) is 0 Å². The van der Waals surface area contributed by atoms with Crippen LogP contribution < -0.4 is 5.32 Å². The maximum absolute atomic E-state index is 4.38. The summed E-state index contributed by atoms with van der Waals surface area (Å²) < 4.78 is 1.97. The molecule has 1 fully saturated rings. The molecule has 5 nitrogen and oxygen atoms in total. The molecule has 0 amide bonds. The molecule has 1 aromatic heterocycles. The molecule has 1 unspecified atom stereocenters. The van der Waals surface area contributed by atoms with Gasteiger partial charge in [0.15, 0.2) is 5.96 Å². The molecule has 20 heavy (non-hydrogen) atoms. The number of guanidine groups is 1. The Balaban J connectivity index is 0.00000200. The average Bonchev–Trinajstić information content (AvgIpc) is 2.80. The lowest BCUT2D eigenvalue weighted by Crippen LogP contribution is -2.46. The van der Waals surface area contributed by atoms with Crippen molar-refractivity contribution in [3.63, 3.8) is 0 Å². The predicted octanol–water partition coefficient (Wildman–Crippen LogP) is 2.12. The normalized spacial score (nSPS) is 19.6. The van der Waals surface area contributed by atoms with E-state index in [1.54, 1.807) is 0 Å². The highest BCUT2D eigenvalue weighted by molar-refractivity contribution is 14.0. The Morgan fingerprint density at radius 3 is 2.95 bits per heavy atom. The number of piperidine rings is 1. The third kappa shape index (κ3) is 4.96. The summed E-state index contributed by atoms with van der Waals surface area (Å²) in [6, 6.07) is 0. The zero-order valence-electron chi connectivity index (χ0n) is 12.7. The maximum Gasteiger partial charge on any atom is 0.193 e. The Hall–Kier alpha value is -0.790. The fourth-order valence-corrected chi connectivity index (χ4v) is 2.59. The van der Waals surface area contributed by atoms with Crippen LogP contribution in [0.25, 0.3) is 0 Å². The van der Waals surface area contributed by atoms with Crippen molar-refractivity contribution in [3.05, 3.63) is 18.0 Å². The molecular weight excluding hydrogens is 365 g/mol. The van der Waals surface area contributed by atoms with E-state index in [9.17, 15) is 0 Å². The van der Waals surface area contributed by atoms with Gasteiger partial charge in [-0.15, -0.1) is 24.0 Å². The predicted molar refractivity (Wildman–Crippen MR) is 93.7 cm³/mol. The van der Waals surface area contributed by atoms with Crippen molar-refractivity contribution in [1.29, 1.82) is 0 Å². The van der Waals surface area contributed by atoms with E-state index in [1.807, 2.05) is 17.9 Å². The lowest BCUT2D eigenvalue weighted by atomic mass is 10.0. The van der Waals surface area contributed by atoms with Crippen LogP contribution in [0.5, 0.6) is 0 Å². The van der Waals surface area contributed by atoms with Crippen LogP contribution in [-0.4, -0.2) is 47.3 Å².